The summed E-state index contributed by atoms with van der Waals surface area (Å²) in [5, 5.41) is 29.4. The topological polar surface area (TPSA) is 157 Å². The molecule has 2 aromatic carbocycles. The number of carbonyl (C=O) groups excluding carboxylic acids is 3. The number of nitrogens with one attached hydrogen (secondary N) is 2. The minimum absolute atomic E-state index is 0.146. The number of rotatable bonds is 13. The lowest BCUT2D eigenvalue weighted by atomic mass is 9.91. The number of amides is 2. The van der Waals surface area contributed by atoms with Crippen LogP contribution in [-0.2, 0) is 33.7 Å². The lowest BCUT2D eigenvalue weighted by molar-refractivity contribution is -0.132. The van der Waals surface area contributed by atoms with Crippen molar-refractivity contribution >= 4 is 28.9 Å². The maximum Gasteiger partial charge on any atom is 0.339 e. The van der Waals surface area contributed by atoms with Gasteiger partial charge in [0.05, 0.1) is 37.0 Å². The molecule has 0 radical (unpaired) electrons. The number of aliphatic hydroxyl groups is 2. The fourth-order valence-corrected chi connectivity index (χ4v) is 7.42. The molecule has 4 N–H and O–H groups in total. The molecule has 282 valence electrons. The van der Waals surface area contributed by atoms with Gasteiger partial charge in [-0.3, -0.25) is 19.4 Å². The van der Waals surface area contributed by atoms with Crippen molar-refractivity contribution in [2.75, 3.05) is 32.8 Å². The SMILES string of the molecule is CCOC(=O)c1cnc2oc(CN3CCN(C[C@@H](O)C[C@H](Cc4ccccc4)C(=O)N[C@H]4c5ccccc5C[C@H]4O)[C@H](C(=O)NC(C)(C)C)C3)cc2c1. The Bertz CT molecular complexity index is 1890. The summed E-state index contributed by atoms with van der Waals surface area (Å²) in [6.07, 6.45) is 0.885. The van der Waals surface area contributed by atoms with E-state index in [0.29, 0.717) is 61.4 Å². The van der Waals surface area contributed by atoms with Crippen molar-refractivity contribution in [1.29, 1.82) is 0 Å². The van der Waals surface area contributed by atoms with Gasteiger partial charge < -0.3 is 30.0 Å². The van der Waals surface area contributed by atoms with E-state index >= 15 is 0 Å². The van der Waals surface area contributed by atoms with Crippen molar-refractivity contribution in [3.8, 4) is 0 Å². The molecule has 1 fully saturated rings. The summed E-state index contributed by atoms with van der Waals surface area (Å²) in [4.78, 5) is 48.4. The van der Waals surface area contributed by atoms with Crippen molar-refractivity contribution < 1.29 is 33.8 Å². The van der Waals surface area contributed by atoms with Crippen LogP contribution in [0.5, 0.6) is 0 Å². The van der Waals surface area contributed by atoms with Crippen molar-refractivity contribution in [2.24, 2.45) is 5.92 Å². The summed E-state index contributed by atoms with van der Waals surface area (Å²) in [5.41, 5.74) is 3.20. The summed E-state index contributed by atoms with van der Waals surface area (Å²) in [5.74, 6) is -0.730. The molecule has 4 aromatic rings. The van der Waals surface area contributed by atoms with Crippen molar-refractivity contribution in [3.05, 3.63) is 101 Å². The van der Waals surface area contributed by atoms with Gasteiger partial charge in [-0.2, -0.15) is 0 Å². The molecule has 0 saturated carbocycles. The van der Waals surface area contributed by atoms with Gasteiger partial charge in [0.1, 0.15) is 11.8 Å². The van der Waals surface area contributed by atoms with Gasteiger partial charge in [0.2, 0.25) is 17.5 Å². The first-order valence-corrected chi connectivity index (χ1v) is 18.5. The van der Waals surface area contributed by atoms with Gasteiger partial charge in [0.25, 0.3) is 0 Å². The van der Waals surface area contributed by atoms with E-state index < -0.39 is 41.7 Å². The van der Waals surface area contributed by atoms with Crippen LogP contribution in [0.15, 0.2) is 77.3 Å². The molecular formula is C41H51N5O7. The summed E-state index contributed by atoms with van der Waals surface area (Å²) in [6, 6.07) is 19.9. The first kappa shape index (κ1) is 38.1. The summed E-state index contributed by atoms with van der Waals surface area (Å²) < 4.78 is 11.1. The maximum absolute atomic E-state index is 13.9. The third kappa shape index (κ3) is 9.68. The Balaban J connectivity index is 1.15. The van der Waals surface area contributed by atoms with Crippen LogP contribution in [0.2, 0.25) is 0 Å². The number of β-amino-alcohol motifs (C(OH)–C–C–N with tert-alkyl or cyclic N) is 1. The molecule has 12 heteroatoms. The highest BCUT2D eigenvalue weighted by molar-refractivity contribution is 5.92. The van der Waals surface area contributed by atoms with Crippen LogP contribution in [0.25, 0.3) is 11.1 Å². The summed E-state index contributed by atoms with van der Waals surface area (Å²) in [6.45, 7) is 9.95. The molecule has 2 aromatic heterocycles. The second-order valence-corrected chi connectivity index (χ2v) is 15.3. The molecule has 6 rings (SSSR count). The van der Waals surface area contributed by atoms with Crippen LogP contribution in [-0.4, -0.2) is 99.4 Å². The molecule has 1 aliphatic heterocycles. The number of aromatic nitrogens is 1. The molecule has 3 heterocycles. The van der Waals surface area contributed by atoms with Crippen molar-refractivity contribution in [3.63, 3.8) is 0 Å². The van der Waals surface area contributed by atoms with Gasteiger partial charge in [-0.1, -0.05) is 54.6 Å². The van der Waals surface area contributed by atoms with E-state index in [1.54, 1.807) is 13.0 Å². The molecule has 12 nitrogen and oxygen atoms in total. The van der Waals surface area contributed by atoms with Gasteiger partial charge in [-0.05, 0) is 69.4 Å². The number of furan rings is 1. The van der Waals surface area contributed by atoms with E-state index in [2.05, 4.69) is 20.5 Å². The summed E-state index contributed by atoms with van der Waals surface area (Å²) in [7, 11) is 0. The second kappa shape index (κ2) is 16.6. The number of hydrogen-bond donors (Lipinski definition) is 4. The molecule has 5 atom stereocenters. The number of carbonyl (C=O) groups is 3. The van der Waals surface area contributed by atoms with E-state index in [1.165, 1.54) is 6.20 Å². The quantitative estimate of drug-likeness (QED) is 0.150. The number of benzene rings is 2. The van der Waals surface area contributed by atoms with Crippen molar-refractivity contribution in [2.45, 2.75) is 83.3 Å². The monoisotopic (exact) mass is 725 g/mol. The highest BCUT2D eigenvalue weighted by atomic mass is 16.5. The smallest absolute Gasteiger partial charge is 0.339 e. The number of pyridine rings is 1. The fraction of sp³-hybridized carbons (Fsp3) is 0.463. The number of esters is 1. The van der Waals surface area contributed by atoms with Crippen LogP contribution < -0.4 is 10.6 Å². The molecule has 2 aliphatic rings. The number of nitrogens with zero attached hydrogens (tertiary/aromatic N) is 3. The standard InChI is InChI=1S/C41H51N5O7/c1-5-52-40(51)30-18-29-20-32(53-39(29)42-22-30)24-45-15-16-46(34(25-45)38(50)44-41(2,3)4)23-31(47)19-28(17-26-11-7-6-8-12-26)37(49)43-36-33-14-10-9-13-27(33)21-35(36)48/h6-14,18,20,22,28,31,34-36,47-48H,5,15-17,19,21,23-25H2,1-4H3,(H,43,49)(H,44,50)/t28-,31-,34-,35+,36-/m0/s1. The van der Waals surface area contributed by atoms with Gasteiger partial charge in [0.15, 0.2) is 0 Å². The van der Waals surface area contributed by atoms with E-state index in [0.717, 1.165) is 16.7 Å². The molecule has 2 amide bonds. The minimum atomic E-state index is -0.901. The Morgan fingerprint density at radius 2 is 1.81 bits per heavy atom. The first-order valence-electron chi connectivity index (χ1n) is 18.5. The Hall–Kier alpha value is -4.62. The van der Waals surface area contributed by atoms with Crippen LogP contribution in [0.1, 0.15) is 73.0 Å². The van der Waals surface area contributed by atoms with E-state index in [1.807, 2.05) is 86.3 Å². The molecule has 0 unspecified atom stereocenters. The Labute approximate surface area is 310 Å². The third-order valence-electron chi connectivity index (χ3n) is 9.89. The number of piperazine rings is 1. The van der Waals surface area contributed by atoms with E-state index in [9.17, 15) is 24.6 Å². The maximum atomic E-state index is 13.9. The molecule has 1 aliphatic carbocycles. The van der Waals surface area contributed by atoms with Crippen LogP contribution in [0.3, 0.4) is 0 Å². The zero-order chi connectivity index (χ0) is 37.7. The largest absolute Gasteiger partial charge is 0.462 e. The second-order valence-electron chi connectivity index (χ2n) is 15.3. The average Bonchev–Trinajstić information content (AvgIpc) is 3.67. The number of ether oxygens (including phenoxy) is 1. The van der Waals surface area contributed by atoms with Crippen LogP contribution >= 0.6 is 0 Å². The highest BCUT2D eigenvalue weighted by Crippen LogP contribution is 2.32. The van der Waals surface area contributed by atoms with Crippen LogP contribution in [0, 0.1) is 5.92 Å². The predicted molar refractivity (Wildman–Crippen MR) is 200 cm³/mol. The number of aliphatic hydroxyl groups excluding tert-OH is 2. The number of hydrogen-bond acceptors (Lipinski definition) is 10. The Morgan fingerprint density at radius 1 is 1.06 bits per heavy atom. The highest BCUT2D eigenvalue weighted by Gasteiger charge is 2.37. The van der Waals surface area contributed by atoms with Crippen LogP contribution in [0.4, 0.5) is 0 Å². The zero-order valence-electron chi connectivity index (χ0n) is 31.0. The molecule has 0 spiro atoms. The van der Waals surface area contributed by atoms with Gasteiger partial charge in [0, 0.05) is 55.6 Å². The predicted octanol–water partition coefficient (Wildman–Crippen LogP) is 3.79. The lowest BCUT2D eigenvalue weighted by Gasteiger charge is -2.42. The minimum Gasteiger partial charge on any atom is -0.462 e. The van der Waals surface area contributed by atoms with Gasteiger partial charge >= 0.3 is 5.97 Å². The lowest BCUT2D eigenvalue weighted by Crippen LogP contribution is -2.61. The van der Waals surface area contributed by atoms with E-state index in [-0.39, 0.29) is 31.4 Å². The van der Waals surface area contributed by atoms with E-state index in [4.69, 9.17) is 9.15 Å². The average molecular weight is 726 g/mol. The van der Waals surface area contributed by atoms with Gasteiger partial charge in [-0.15, -0.1) is 0 Å². The van der Waals surface area contributed by atoms with Gasteiger partial charge in [-0.25, -0.2) is 9.78 Å². The molecule has 53 heavy (non-hydrogen) atoms. The normalized spacial score (nSPS) is 20.5. The third-order valence-corrected chi connectivity index (χ3v) is 9.89. The number of fused-ring (bicyclic) bond motifs is 2. The zero-order valence-corrected chi connectivity index (χ0v) is 31.0. The molecule has 0 bridgehead atoms. The Morgan fingerprint density at radius 3 is 2.57 bits per heavy atom. The Kier molecular flexibility index (Phi) is 11.9. The first-order chi connectivity index (χ1) is 25.4. The molecule has 1 saturated heterocycles. The fourth-order valence-electron chi connectivity index (χ4n) is 7.42. The summed E-state index contributed by atoms with van der Waals surface area (Å²) >= 11 is 0. The van der Waals surface area contributed by atoms with Crippen molar-refractivity contribution in [1.82, 2.24) is 25.4 Å². The molecular weight excluding hydrogens is 674 g/mol.